The standard InChI is InChI=1S/C16H30N4O/c1-17-15(18-11-7-14(21)19(2)3)20-12-10-16(13-20)8-5-4-6-9-16/h4-13H2,1-3H3,(H,17,18). The Kier molecular flexibility index (Phi) is 5.48. The van der Waals surface area contributed by atoms with Crippen molar-refractivity contribution < 1.29 is 4.79 Å². The van der Waals surface area contributed by atoms with Gasteiger partial charge in [0.2, 0.25) is 5.91 Å². The molecule has 2 aliphatic rings. The van der Waals surface area contributed by atoms with E-state index in [0.717, 1.165) is 19.0 Å². The van der Waals surface area contributed by atoms with Gasteiger partial charge in [-0.3, -0.25) is 9.79 Å². The van der Waals surface area contributed by atoms with Gasteiger partial charge in [-0.2, -0.15) is 0 Å². The fourth-order valence-corrected chi connectivity index (χ4v) is 3.66. The zero-order valence-corrected chi connectivity index (χ0v) is 13.8. The van der Waals surface area contributed by atoms with Crippen molar-refractivity contribution in [1.82, 2.24) is 15.1 Å². The van der Waals surface area contributed by atoms with Crippen LogP contribution in [-0.2, 0) is 4.79 Å². The summed E-state index contributed by atoms with van der Waals surface area (Å²) in [6.45, 7) is 2.89. The van der Waals surface area contributed by atoms with E-state index in [1.165, 1.54) is 38.5 Å². The predicted octanol–water partition coefficient (Wildman–Crippen LogP) is 1.70. The van der Waals surface area contributed by atoms with Crippen molar-refractivity contribution in [1.29, 1.82) is 0 Å². The molecule has 1 aliphatic heterocycles. The molecule has 0 aromatic carbocycles. The molecule has 1 amide bonds. The number of nitrogens with zero attached hydrogens (tertiary/aromatic N) is 3. The molecule has 120 valence electrons. The van der Waals surface area contributed by atoms with Gasteiger partial charge in [0.1, 0.15) is 0 Å². The summed E-state index contributed by atoms with van der Waals surface area (Å²) in [5.74, 6) is 1.12. The van der Waals surface area contributed by atoms with E-state index in [0.29, 0.717) is 18.4 Å². The van der Waals surface area contributed by atoms with E-state index in [4.69, 9.17) is 0 Å². The van der Waals surface area contributed by atoms with Gasteiger partial charge in [0.25, 0.3) is 0 Å². The summed E-state index contributed by atoms with van der Waals surface area (Å²) >= 11 is 0. The lowest BCUT2D eigenvalue weighted by molar-refractivity contribution is -0.128. The first-order chi connectivity index (χ1) is 10.1. The van der Waals surface area contributed by atoms with Crippen molar-refractivity contribution >= 4 is 11.9 Å². The van der Waals surface area contributed by atoms with E-state index < -0.39 is 0 Å². The minimum absolute atomic E-state index is 0.156. The summed E-state index contributed by atoms with van der Waals surface area (Å²) in [5, 5.41) is 3.35. The highest BCUT2D eigenvalue weighted by atomic mass is 16.2. The molecule has 21 heavy (non-hydrogen) atoms. The molecule has 5 heteroatoms. The number of guanidine groups is 1. The van der Waals surface area contributed by atoms with Crippen molar-refractivity contribution in [2.45, 2.75) is 44.9 Å². The number of amides is 1. The van der Waals surface area contributed by atoms with Crippen molar-refractivity contribution in [3.8, 4) is 0 Å². The Morgan fingerprint density at radius 1 is 1.24 bits per heavy atom. The second-order valence-corrected chi connectivity index (χ2v) is 6.74. The number of carbonyl (C=O) groups excluding carboxylic acids is 1. The van der Waals surface area contributed by atoms with Crippen LogP contribution in [-0.4, -0.2) is 62.4 Å². The van der Waals surface area contributed by atoms with Crippen molar-refractivity contribution in [3.05, 3.63) is 0 Å². The maximum absolute atomic E-state index is 11.6. The molecule has 0 bridgehead atoms. The molecule has 2 fully saturated rings. The van der Waals surface area contributed by atoms with E-state index >= 15 is 0 Å². The van der Waals surface area contributed by atoms with Crippen LogP contribution >= 0.6 is 0 Å². The highest BCUT2D eigenvalue weighted by Gasteiger charge is 2.39. The topological polar surface area (TPSA) is 47.9 Å². The third kappa shape index (κ3) is 4.11. The van der Waals surface area contributed by atoms with Gasteiger partial charge in [0.05, 0.1) is 0 Å². The molecule has 0 aromatic heterocycles. The number of rotatable bonds is 3. The summed E-state index contributed by atoms with van der Waals surface area (Å²) < 4.78 is 0. The zero-order chi connectivity index (χ0) is 15.3. The molecular weight excluding hydrogens is 264 g/mol. The third-order valence-corrected chi connectivity index (χ3v) is 4.98. The van der Waals surface area contributed by atoms with Crippen LogP contribution in [0.15, 0.2) is 4.99 Å². The Morgan fingerprint density at radius 2 is 1.95 bits per heavy atom. The fourth-order valence-electron chi connectivity index (χ4n) is 3.66. The SMILES string of the molecule is CN=C(NCCC(=O)N(C)C)N1CCC2(CCCCC2)C1. The minimum atomic E-state index is 0.156. The molecule has 1 saturated carbocycles. The highest BCUT2D eigenvalue weighted by Crippen LogP contribution is 2.43. The van der Waals surface area contributed by atoms with E-state index in [1.54, 1.807) is 19.0 Å². The predicted molar refractivity (Wildman–Crippen MR) is 86.4 cm³/mol. The lowest BCUT2D eigenvalue weighted by Crippen LogP contribution is -2.42. The number of carbonyl (C=O) groups is 1. The number of aliphatic imine (C=N–C) groups is 1. The first kappa shape index (κ1) is 16.1. The Hall–Kier alpha value is -1.26. The smallest absolute Gasteiger partial charge is 0.223 e. The van der Waals surface area contributed by atoms with Gasteiger partial charge in [-0.1, -0.05) is 19.3 Å². The second-order valence-electron chi connectivity index (χ2n) is 6.74. The quantitative estimate of drug-likeness (QED) is 0.636. The number of hydrogen-bond acceptors (Lipinski definition) is 2. The Bertz CT molecular complexity index is 386. The molecule has 1 aliphatic carbocycles. The monoisotopic (exact) mass is 294 g/mol. The average Bonchev–Trinajstić information content (AvgIpc) is 2.87. The van der Waals surface area contributed by atoms with Crippen LogP contribution in [0.25, 0.3) is 0 Å². The van der Waals surface area contributed by atoms with Crippen LogP contribution in [0.2, 0.25) is 0 Å². The molecule has 1 saturated heterocycles. The molecule has 1 spiro atoms. The van der Waals surface area contributed by atoms with Crippen LogP contribution in [0.3, 0.4) is 0 Å². The van der Waals surface area contributed by atoms with Gasteiger partial charge >= 0.3 is 0 Å². The van der Waals surface area contributed by atoms with Gasteiger partial charge in [-0.15, -0.1) is 0 Å². The van der Waals surface area contributed by atoms with Crippen molar-refractivity contribution in [2.75, 3.05) is 40.8 Å². The third-order valence-electron chi connectivity index (χ3n) is 4.98. The zero-order valence-electron chi connectivity index (χ0n) is 13.8. The maximum atomic E-state index is 11.6. The van der Waals surface area contributed by atoms with Crippen LogP contribution < -0.4 is 5.32 Å². The average molecular weight is 294 g/mol. The van der Waals surface area contributed by atoms with Gasteiger partial charge < -0.3 is 15.1 Å². The molecule has 0 atom stereocenters. The highest BCUT2D eigenvalue weighted by molar-refractivity contribution is 5.81. The largest absolute Gasteiger partial charge is 0.356 e. The maximum Gasteiger partial charge on any atom is 0.223 e. The van der Waals surface area contributed by atoms with Gasteiger partial charge in [0, 0.05) is 47.2 Å². The van der Waals surface area contributed by atoms with Crippen LogP contribution in [0.1, 0.15) is 44.9 Å². The summed E-state index contributed by atoms with van der Waals surface area (Å²) in [6.07, 6.45) is 8.74. The summed E-state index contributed by atoms with van der Waals surface area (Å²) in [5.41, 5.74) is 0.537. The van der Waals surface area contributed by atoms with Gasteiger partial charge in [-0.05, 0) is 24.7 Å². The number of hydrogen-bond donors (Lipinski definition) is 1. The normalized spacial score (nSPS) is 21.7. The van der Waals surface area contributed by atoms with E-state index in [2.05, 4.69) is 15.2 Å². The minimum Gasteiger partial charge on any atom is -0.356 e. The number of nitrogens with one attached hydrogen (secondary N) is 1. The molecule has 0 aromatic rings. The number of likely N-dealkylation sites (tertiary alicyclic amines) is 1. The van der Waals surface area contributed by atoms with Gasteiger partial charge in [0.15, 0.2) is 5.96 Å². The van der Waals surface area contributed by atoms with E-state index in [-0.39, 0.29) is 5.91 Å². The Balaban J connectivity index is 1.81. The second kappa shape index (κ2) is 7.14. The van der Waals surface area contributed by atoms with Crippen LogP contribution in [0.5, 0.6) is 0 Å². The van der Waals surface area contributed by atoms with E-state index in [9.17, 15) is 4.79 Å². The summed E-state index contributed by atoms with van der Waals surface area (Å²) in [7, 11) is 5.43. The molecule has 0 unspecified atom stereocenters. The summed E-state index contributed by atoms with van der Waals surface area (Å²) in [4.78, 5) is 20.0. The van der Waals surface area contributed by atoms with E-state index in [1.807, 2.05) is 7.05 Å². The molecule has 1 heterocycles. The first-order valence-corrected chi connectivity index (χ1v) is 8.22. The van der Waals surface area contributed by atoms with Crippen molar-refractivity contribution in [3.63, 3.8) is 0 Å². The molecule has 0 radical (unpaired) electrons. The van der Waals surface area contributed by atoms with Crippen LogP contribution in [0.4, 0.5) is 0 Å². The first-order valence-electron chi connectivity index (χ1n) is 8.22. The summed E-state index contributed by atoms with van der Waals surface area (Å²) in [6, 6.07) is 0. The van der Waals surface area contributed by atoms with Crippen LogP contribution in [0, 0.1) is 5.41 Å². The molecule has 5 nitrogen and oxygen atoms in total. The van der Waals surface area contributed by atoms with Gasteiger partial charge in [-0.25, -0.2) is 0 Å². The Morgan fingerprint density at radius 3 is 2.57 bits per heavy atom. The molecular formula is C16H30N4O. The lowest BCUT2D eigenvalue weighted by Gasteiger charge is -2.33. The lowest BCUT2D eigenvalue weighted by atomic mass is 9.73. The van der Waals surface area contributed by atoms with Crippen molar-refractivity contribution in [2.24, 2.45) is 10.4 Å². The molecule has 1 N–H and O–H groups in total. The molecule has 2 rings (SSSR count). The Labute approximate surface area is 128 Å². The fraction of sp³-hybridized carbons (Fsp3) is 0.875.